The number of aliphatic hydroxyl groups excluding tert-OH is 1. The van der Waals surface area contributed by atoms with Crippen LogP contribution in [0, 0.1) is 0 Å². The summed E-state index contributed by atoms with van der Waals surface area (Å²) in [6.45, 7) is 2.04. The van der Waals surface area contributed by atoms with Crippen LogP contribution in [-0.4, -0.2) is 46.1 Å². The molecule has 0 radical (unpaired) electrons. The molecule has 0 unspecified atom stereocenters. The molecule has 0 aliphatic rings. The Hall–Kier alpha value is -0.490. The predicted molar refractivity (Wildman–Crippen MR) is 64.1 cm³/mol. The molecule has 0 amide bonds. The second kappa shape index (κ2) is 7.73. The van der Waals surface area contributed by atoms with Crippen LogP contribution in [0.1, 0.15) is 0 Å². The molecule has 1 rings (SSSR count). The molecule has 2 N–H and O–H groups in total. The summed E-state index contributed by atoms with van der Waals surface area (Å²) < 4.78 is 6.87. The van der Waals surface area contributed by atoms with Gasteiger partial charge in [0.2, 0.25) is 0 Å². The largest absolute Gasteiger partial charge is 0.394 e. The number of hydrogen-bond acceptors (Lipinski definition) is 4. The van der Waals surface area contributed by atoms with E-state index in [-0.39, 0.29) is 6.61 Å². The highest BCUT2D eigenvalue weighted by atomic mass is 35.5. The smallest absolute Gasteiger partial charge is 0.124 e. The molecule has 16 heavy (non-hydrogen) atoms. The summed E-state index contributed by atoms with van der Waals surface area (Å²) in [7, 11) is 0. The summed E-state index contributed by atoms with van der Waals surface area (Å²) in [5.74, 6) is 0. The number of rotatable bonds is 8. The first kappa shape index (κ1) is 13.6. The Bertz CT molecular complexity index is 294. The van der Waals surface area contributed by atoms with Crippen LogP contribution in [-0.2, 0) is 11.3 Å². The minimum Gasteiger partial charge on any atom is -0.394 e. The molecule has 5 nitrogen and oxygen atoms in total. The molecule has 0 fully saturated rings. The van der Waals surface area contributed by atoms with Crippen molar-refractivity contribution in [2.75, 3.05) is 31.7 Å². The van der Waals surface area contributed by atoms with E-state index in [1.807, 2.05) is 6.20 Å². The monoisotopic (exact) mass is 267 g/mol. The van der Waals surface area contributed by atoms with Gasteiger partial charge in [-0.2, -0.15) is 5.10 Å². The lowest BCUT2D eigenvalue weighted by atomic mass is 10.5. The van der Waals surface area contributed by atoms with Gasteiger partial charge in [0.1, 0.15) is 4.84 Å². The van der Waals surface area contributed by atoms with Gasteiger partial charge >= 0.3 is 0 Å². The Kier molecular flexibility index (Phi) is 6.56. The second-order valence-electron chi connectivity index (χ2n) is 3.10. The van der Waals surface area contributed by atoms with Gasteiger partial charge in [-0.05, 0) is 0 Å². The van der Waals surface area contributed by atoms with E-state index < -0.39 is 4.84 Å². The number of ether oxygens (including phenoxy) is 1. The van der Waals surface area contributed by atoms with E-state index >= 15 is 0 Å². The second-order valence-corrected chi connectivity index (χ2v) is 4.38. The van der Waals surface area contributed by atoms with Crippen LogP contribution in [0.3, 0.4) is 0 Å². The van der Waals surface area contributed by atoms with Crippen LogP contribution in [0.25, 0.3) is 0 Å². The number of nitrogens with zero attached hydrogens (tertiary/aromatic N) is 2. The van der Waals surface area contributed by atoms with Crippen molar-refractivity contribution in [3.05, 3.63) is 12.4 Å². The van der Waals surface area contributed by atoms with Gasteiger partial charge in [0.05, 0.1) is 38.2 Å². The Labute approximate surface area is 104 Å². The molecule has 0 atom stereocenters. The first-order valence-corrected chi connectivity index (χ1v) is 5.82. The number of nitrogens with one attached hydrogen (secondary N) is 1. The van der Waals surface area contributed by atoms with Crippen LogP contribution in [0.15, 0.2) is 12.4 Å². The molecule has 92 valence electrons. The topological polar surface area (TPSA) is 59.3 Å². The number of halogens is 2. The molecule has 1 aromatic rings. The van der Waals surface area contributed by atoms with Crippen LogP contribution < -0.4 is 5.32 Å². The molecule has 1 heterocycles. The van der Waals surface area contributed by atoms with Crippen molar-refractivity contribution >= 4 is 28.9 Å². The normalized spacial score (nSPS) is 11.0. The Morgan fingerprint density at radius 3 is 3.00 bits per heavy atom. The molecule has 0 saturated heterocycles. The molecule has 1 aromatic heterocycles. The predicted octanol–water partition coefficient (Wildman–Crippen LogP) is 1.11. The summed E-state index contributed by atoms with van der Waals surface area (Å²) >= 11 is 11.2. The van der Waals surface area contributed by atoms with Gasteiger partial charge in [-0.25, -0.2) is 0 Å². The van der Waals surface area contributed by atoms with Crippen molar-refractivity contribution in [3.63, 3.8) is 0 Å². The first-order valence-electron chi connectivity index (χ1n) is 4.95. The van der Waals surface area contributed by atoms with E-state index in [1.165, 1.54) is 0 Å². The van der Waals surface area contributed by atoms with E-state index in [1.54, 1.807) is 10.9 Å². The zero-order valence-corrected chi connectivity index (χ0v) is 10.3. The number of aliphatic hydroxyl groups is 1. The Balaban J connectivity index is 2.22. The first-order chi connectivity index (χ1) is 7.72. The van der Waals surface area contributed by atoms with E-state index in [9.17, 15) is 0 Å². The maximum atomic E-state index is 8.51. The molecule has 0 aromatic carbocycles. The van der Waals surface area contributed by atoms with E-state index in [2.05, 4.69) is 10.4 Å². The Morgan fingerprint density at radius 1 is 1.50 bits per heavy atom. The van der Waals surface area contributed by atoms with Gasteiger partial charge in [0.15, 0.2) is 0 Å². The summed E-state index contributed by atoms with van der Waals surface area (Å²) in [6, 6.07) is 0. The van der Waals surface area contributed by atoms with Crippen molar-refractivity contribution < 1.29 is 9.84 Å². The average molecular weight is 268 g/mol. The highest BCUT2D eigenvalue weighted by Gasteiger charge is 2.01. The van der Waals surface area contributed by atoms with Gasteiger partial charge in [-0.3, -0.25) is 4.68 Å². The summed E-state index contributed by atoms with van der Waals surface area (Å²) in [6.07, 6.45) is 3.54. The van der Waals surface area contributed by atoms with E-state index in [0.29, 0.717) is 26.3 Å². The fourth-order valence-electron chi connectivity index (χ4n) is 1.10. The van der Waals surface area contributed by atoms with Crippen molar-refractivity contribution in [1.29, 1.82) is 0 Å². The maximum Gasteiger partial charge on any atom is 0.124 e. The molecular weight excluding hydrogens is 253 g/mol. The van der Waals surface area contributed by atoms with Gasteiger partial charge in [-0.1, -0.05) is 0 Å². The van der Waals surface area contributed by atoms with E-state index in [4.69, 9.17) is 33.0 Å². The van der Waals surface area contributed by atoms with Crippen LogP contribution in [0.2, 0.25) is 0 Å². The molecule has 0 aliphatic heterocycles. The van der Waals surface area contributed by atoms with Crippen molar-refractivity contribution in [2.24, 2.45) is 0 Å². The quantitative estimate of drug-likeness (QED) is 0.547. The third-order valence-corrected chi connectivity index (χ3v) is 2.10. The lowest BCUT2D eigenvalue weighted by Gasteiger charge is -2.03. The summed E-state index contributed by atoms with van der Waals surface area (Å²) in [4.78, 5) is -0.434. The average Bonchev–Trinajstić information content (AvgIpc) is 2.70. The van der Waals surface area contributed by atoms with Crippen molar-refractivity contribution in [3.8, 4) is 0 Å². The zero-order valence-electron chi connectivity index (χ0n) is 8.77. The number of anilines is 1. The van der Waals surface area contributed by atoms with Crippen molar-refractivity contribution in [2.45, 2.75) is 11.4 Å². The molecule has 7 heteroatoms. The van der Waals surface area contributed by atoms with Gasteiger partial charge in [0, 0.05) is 12.7 Å². The molecule has 0 spiro atoms. The van der Waals surface area contributed by atoms with Crippen LogP contribution >= 0.6 is 23.2 Å². The van der Waals surface area contributed by atoms with Crippen molar-refractivity contribution in [1.82, 2.24) is 9.78 Å². The lowest BCUT2D eigenvalue weighted by Crippen LogP contribution is -2.09. The number of alkyl halides is 2. The highest BCUT2D eigenvalue weighted by Crippen LogP contribution is 2.07. The summed E-state index contributed by atoms with van der Waals surface area (Å²) in [5.41, 5.74) is 0.869. The fourth-order valence-corrected chi connectivity index (χ4v) is 1.25. The standard InChI is InChI=1S/C9H15Cl2N3O2/c10-9(11)6-12-8-5-13-14(7-8)1-3-16-4-2-15/h5,7,9,12,15H,1-4,6H2. The number of aromatic nitrogens is 2. The third kappa shape index (κ3) is 5.55. The number of hydrogen-bond donors (Lipinski definition) is 2. The Morgan fingerprint density at radius 2 is 2.31 bits per heavy atom. The van der Waals surface area contributed by atoms with E-state index in [0.717, 1.165) is 5.69 Å². The fraction of sp³-hybridized carbons (Fsp3) is 0.667. The minimum atomic E-state index is -0.434. The van der Waals surface area contributed by atoms with Crippen LogP contribution in [0.5, 0.6) is 0 Å². The molecule has 0 aliphatic carbocycles. The van der Waals surface area contributed by atoms with Crippen LogP contribution in [0.4, 0.5) is 5.69 Å². The molecule has 0 saturated carbocycles. The highest BCUT2D eigenvalue weighted by molar-refractivity contribution is 6.44. The third-order valence-electron chi connectivity index (χ3n) is 1.79. The van der Waals surface area contributed by atoms with Gasteiger partial charge in [-0.15, -0.1) is 23.2 Å². The summed E-state index contributed by atoms with van der Waals surface area (Å²) in [5, 5.41) is 15.7. The minimum absolute atomic E-state index is 0.0404. The van der Waals surface area contributed by atoms with Gasteiger partial charge in [0.25, 0.3) is 0 Å². The SMILES string of the molecule is OCCOCCn1cc(NCC(Cl)Cl)cn1. The van der Waals surface area contributed by atoms with Gasteiger partial charge < -0.3 is 15.2 Å². The lowest BCUT2D eigenvalue weighted by molar-refractivity contribution is 0.0854. The zero-order chi connectivity index (χ0) is 11.8. The molecule has 0 bridgehead atoms. The molecular formula is C9H15Cl2N3O2. The maximum absolute atomic E-state index is 8.51.